The summed E-state index contributed by atoms with van der Waals surface area (Å²) in [4.78, 5) is 0. The van der Waals surface area contributed by atoms with Gasteiger partial charge < -0.3 is 0 Å². The molecule has 0 fully saturated rings. The molecule has 0 radical (unpaired) electrons. The molecule has 2 rings (SSSR count). The lowest BCUT2D eigenvalue weighted by atomic mass is 10.1. The second-order valence-electron chi connectivity index (χ2n) is 6.53. The minimum atomic E-state index is 0.631. The van der Waals surface area contributed by atoms with Gasteiger partial charge in [-0.2, -0.15) is 0 Å². The maximum absolute atomic E-state index is 2.21. The van der Waals surface area contributed by atoms with Gasteiger partial charge in [-0.05, 0) is 29.9 Å². The van der Waals surface area contributed by atoms with Gasteiger partial charge in [-0.3, -0.25) is 0 Å². The molecule has 0 N–H and O–H groups in total. The SMILES string of the molecule is CC(C)/C=C/c1ccccc1.Cc1ccc(/C=C/C(C)C)cc1. The lowest BCUT2D eigenvalue weighted by Crippen LogP contribution is -1.78. The molecule has 0 amide bonds. The molecule has 2 aromatic carbocycles. The number of hydrogen-bond donors (Lipinski definition) is 0. The van der Waals surface area contributed by atoms with E-state index in [2.05, 4.69) is 107 Å². The largest absolute Gasteiger partial charge is 0.0814 e. The summed E-state index contributed by atoms with van der Waals surface area (Å²) in [5, 5.41) is 0. The van der Waals surface area contributed by atoms with Crippen molar-refractivity contribution in [3.8, 4) is 0 Å². The molecule has 0 aliphatic rings. The third-order valence-electron chi connectivity index (χ3n) is 3.22. The van der Waals surface area contributed by atoms with Crippen molar-refractivity contribution in [2.24, 2.45) is 11.8 Å². The van der Waals surface area contributed by atoms with Crippen LogP contribution in [0.2, 0.25) is 0 Å². The average Bonchev–Trinajstić information content (AvgIpc) is 2.54. The van der Waals surface area contributed by atoms with Crippen LogP contribution in [0.5, 0.6) is 0 Å². The molecule has 0 spiro atoms. The lowest BCUT2D eigenvalue weighted by Gasteiger charge is -1.96. The van der Waals surface area contributed by atoms with Gasteiger partial charge in [-0.15, -0.1) is 0 Å². The number of benzene rings is 2. The Morgan fingerprint density at radius 2 is 1.04 bits per heavy atom. The van der Waals surface area contributed by atoms with E-state index in [-0.39, 0.29) is 0 Å². The monoisotopic (exact) mass is 306 g/mol. The lowest BCUT2D eigenvalue weighted by molar-refractivity contribution is 0.836. The molecule has 2 aromatic rings. The van der Waals surface area contributed by atoms with Gasteiger partial charge in [-0.1, -0.05) is 112 Å². The van der Waals surface area contributed by atoms with Crippen molar-refractivity contribution >= 4 is 12.2 Å². The zero-order chi connectivity index (χ0) is 17.1. The highest BCUT2D eigenvalue weighted by atomic mass is 13.9. The van der Waals surface area contributed by atoms with E-state index in [4.69, 9.17) is 0 Å². The molecular weight excluding hydrogens is 276 g/mol. The van der Waals surface area contributed by atoms with Crippen LogP contribution < -0.4 is 0 Å². The van der Waals surface area contributed by atoms with Crippen LogP contribution in [0.4, 0.5) is 0 Å². The fourth-order valence-electron chi connectivity index (χ4n) is 1.85. The first kappa shape index (κ1) is 19.0. The van der Waals surface area contributed by atoms with Gasteiger partial charge >= 0.3 is 0 Å². The quantitative estimate of drug-likeness (QED) is 0.569. The van der Waals surface area contributed by atoms with Crippen LogP contribution in [0.15, 0.2) is 66.7 Å². The Bertz CT molecular complexity index is 584. The molecule has 0 heteroatoms. The standard InChI is InChI=1S/C12H16.C11H14/c1-10(2)4-7-12-8-5-11(3)6-9-12;1-10(2)8-9-11-6-4-3-5-7-11/h4-10H,1-3H3;3-10H,1-2H3/b7-4+;9-8+. The smallest absolute Gasteiger partial charge is 0.0260 e. The molecule has 0 bridgehead atoms. The number of allylic oxidation sites excluding steroid dienone is 2. The van der Waals surface area contributed by atoms with E-state index in [1.165, 1.54) is 16.7 Å². The maximum atomic E-state index is 2.21. The Labute approximate surface area is 142 Å². The highest BCUT2D eigenvalue weighted by molar-refractivity contribution is 5.50. The topological polar surface area (TPSA) is 0 Å². The minimum absolute atomic E-state index is 0.631. The van der Waals surface area contributed by atoms with Crippen molar-refractivity contribution in [2.75, 3.05) is 0 Å². The highest BCUT2D eigenvalue weighted by Crippen LogP contribution is 2.07. The third kappa shape index (κ3) is 9.52. The molecule has 0 atom stereocenters. The first-order chi connectivity index (χ1) is 11.0. The summed E-state index contributed by atoms with van der Waals surface area (Å²) in [7, 11) is 0. The van der Waals surface area contributed by atoms with Crippen LogP contribution in [-0.2, 0) is 0 Å². The maximum Gasteiger partial charge on any atom is -0.0260 e. The summed E-state index contributed by atoms with van der Waals surface area (Å²) in [6.07, 6.45) is 8.74. The molecule has 0 aliphatic carbocycles. The van der Waals surface area contributed by atoms with Crippen molar-refractivity contribution in [1.82, 2.24) is 0 Å². The Hall–Kier alpha value is -2.08. The Balaban J connectivity index is 0.000000231. The summed E-state index contributed by atoms with van der Waals surface area (Å²) < 4.78 is 0. The van der Waals surface area contributed by atoms with Gasteiger partial charge in [0.05, 0.1) is 0 Å². The number of hydrogen-bond acceptors (Lipinski definition) is 0. The zero-order valence-electron chi connectivity index (χ0n) is 15.2. The van der Waals surface area contributed by atoms with Crippen LogP contribution in [0.3, 0.4) is 0 Å². The van der Waals surface area contributed by atoms with Crippen molar-refractivity contribution in [3.63, 3.8) is 0 Å². The van der Waals surface area contributed by atoms with Crippen LogP contribution in [-0.4, -0.2) is 0 Å². The fraction of sp³-hybridized carbons (Fsp3) is 0.304. The average molecular weight is 306 g/mol. The predicted molar refractivity (Wildman–Crippen MR) is 105 cm³/mol. The number of aryl methyl sites for hydroxylation is 1. The van der Waals surface area contributed by atoms with E-state index in [1.807, 2.05) is 6.07 Å². The Morgan fingerprint density at radius 1 is 0.609 bits per heavy atom. The van der Waals surface area contributed by atoms with Crippen LogP contribution in [0.1, 0.15) is 44.4 Å². The van der Waals surface area contributed by atoms with Gasteiger partial charge in [0.25, 0.3) is 0 Å². The van der Waals surface area contributed by atoms with Gasteiger partial charge in [0.1, 0.15) is 0 Å². The first-order valence-corrected chi connectivity index (χ1v) is 8.45. The normalized spacial score (nSPS) is 11.3. The van der Waals surface area contributed by atoms with Gasteiger partial charge in [0.15, 0.2) is 0 Å². The molecule has 0 nitrogen and oxygen atoms in total. The van der Waals surface area contributed by atoms with Crippen molar-refractivity contribution in [2.45, 2.75) is 34.6 Å². The molecule has 0 heterocycles. The third-order valence-corrected chi connectivity index (χ3v) is 3.22. The van der Waals surface area contributed by atoms with Crippen LogP contribution in [0, 0.1) is 18.8 Å². The molecule has 0 saturated carbocycles. The van der Waals surface area contributed by atoms with Gasteiger partial charge in [0, 0.05) is 0 Å². The molecule has 122 valence electrons. The van der Waals surface area contributed by atoms with Crippen LogP contribution in [0.25, 0.3) is 12.2 Å². The summed E-state index contributed by atoms with van der Waals surface area (Å²) in [5.41, 5.74) is 3.88. The van der Waals surface area contributed by atoms with Crippen molar-refractivity contribution in [1.29, 1.82) is 0 Å². The Morgan fingerprint density at radius 3 is 1.48 bits per heavy atom. The van der Waals surface area contributed by atoms with E-state index in [9.17, 15) is 0 Å². The van der Waals surface area contributed by atoms with Crippen molar-refractivity contribution in [3.05, 3.63) is 83.4 Å². The van der Waals surface area contributed by atoms with E-state index in [0.29, 0.717) is 11.8 Å². The summed E-state index contributed by atoms with van der Waals surface area (Å²) in [6, 6.07) is 18.9. The molecular formula is C23H30. The summed E-state index contributed by atoms with van der Waals surface area (Å²) in [5.74, 6) is 1.27. The zero-order valence-corrected chi connectivity index (χ0v) is 15.2. The second-order valence-corrected chi connectivity index (χ2v) is 6.53. The fourth-order valence-corrected chi connectivity index (χ4v) is 1.85. The van der Waals surface area contributed by atoms with Gasteiger partial charge in [-0.25, -0.2) is 0 Å². The van der Waals surface area contributed by atoms with Gasteiger partial charge in [0.2, 0.25) is 0 Å². The molecule has 0 aliphatic heterocycles. The van der Waals surface area contributed by atoms with E-state index in [0.717, 1.165) is 0 Å². The summed E-state index contributed by atoms with van der Waals surface area (Å²) in [6.45, 7) is 10.8. The first-order valence-electron chi connectivity index (χ1n) is 8.45. The second kappa shape index (κ2) is 10.6. The molecule has 23 heavy (non-hydrogen) atoms. The van der Waals surface area contributed by atoms with E-state index in [1.54, 1.807) is 0 Å². The predicted octanol–water partition coefficient (Wildman–Crippen LogP) is 7.02. The van der Waals surface area contributed by atoms with E-state index < -0.39 is 0 Å². The number of rotatable bonds is 4. The molecule has 0 unspecified atom stereocenters. The Kier molecular flexibility index (Phi) is 8.75. The molecule has 0 saturated heterocycles. The van der Waals surface area contributed by atoms with Crippen LogP contribution >= 0.6 is 0 Å². The molecule has 0 aromatic heterocycles. The van der Waals surface area contributed by atoms with E-state index >= 15 is 0 Å². The minimum Gasteiger partial charge on any atom is -0.0814 e. The van der Waals surface area contributed by atoms with Crippen molar-refractivity contribution < 1.29 is 0 Å². The highest BCUT2D eigenvalue weighted by Gasteiger charge is 1.87. The summed E-state index contributed by atoms with van der Waals surface area (Å²) >= 11 is 0.